The van der Waals surface area contributed by atoms with Crippen LogP contribution in [0.3, 0.4) is 0 Å². The monoisotopic (exact) mass is 159 g/mol. The summed E-state index contributed by atoms with van der Waals surface area (Å²) in [7, 11) is 0. The fourth-order valence-electron chi connectivity index (χ4n) is 1.01. The Kier molecular flexibility index (Phi) is 3.83. The quantitative estimate of drug-likeness (QED) is 0.645. The third-order valence-electron chi connectivity index (χ3n) is 1.91. The SMILES string of the molecule is CC(CN)COC1CCOC1. The van der Waals surface area contributed by atoms with Crippen molar-refractivity contribution in [1.29, 1.82) is 0 Å². The van der Waals surface area contributed by atoms with E-state index in [9.17, 15) is 0 Å². The van der Waals surface area contributed by atoms with E-state index >= 15 is 0 Å². The van der Waals surface area contributed by atoms with Crippen molar-refractivity contribution in [3.8, 4) is 0 Å². The Morgan fingerprint density at radius 3 is 3.09 bits per heavy atom. The standard InChI is InChI=1S/C8H17NO2/c1-7(4-9)5-11-8-2-3-10-6-8/h7-8H,2-6,9H2,1H3. The van der Waals surface area contributed by atoms with Crippen molar-refractivity contribution in [2.24, 2.45) is 11.7 Å². The highest BCUT2D eigenvalue weighted by Crippen LogP contribution is 2.09. The minimum absolute atomic E-state index is 0.323. The van der Waals surface area contributed by atoms with E-state index in [4.69, 9.17) is 15.2 Å². The summed E-state index contributed by atoms with van der Waals surface area (Å²) in [6, 6.07) is 0. The summed E-state index contributed by atoms with van der Waals surface area (Å²) in [5, 5.41) is 0. The van der Waals surface area contributed by atoms with Gasteiger partial charge in [0.25, 0.3) is 0 Å². The largest absolute Gasteiger partial charge is 0.379 e. The van der Waals surface area contributed by atoms with Gasteiger partial charge in [0.15, 0.2) is 0 Å². The predicted octanol–water partition coefficient (Wildman–Crippen LogP) is 0.387. The van der Waals surface area contributed by atoms with Crippen LogP contribution in [0.1, 0.15) is 13.3 Å². The van der Waals surface area contributed by atoms with Crippen LogP contribution in [0.25, 0.3) is 0 Å². The molecule has 2 atom stereocenters. The molecule has 3 nitrogen and oxygen atoms in total. The van der Waals surface area contributed by atoms with E-state index < -0.39 is 0 Å². The molecule has 1 saturated heterocycles. The molecule has 2 N–H and O–H groups in total. The Labute approximate surface area is 67.9 Å². The van der Waals surface area contributed by atoms with Crippen molar-refractivity contribution < 1.29 is 9.47 Å². The molecule has 0 spiro atoms. The van der Waals surface area contributed by atoms with E-state index in [1.165, 1.54) is 0 Å². The highest BCUT2D eigenvalue weighted by molar-refractivity contribution is 4.63. The Balaban J connectivity index is 2.01. The van der Waals surface area contributed by atoms with Gasteiger partial charge in [0, 0.05) is 6.61 Å². The van der Waals surface area contributed by atoms with Crippen LogP contribution in [0.15, 0.2) is 0 Å². The van der Waals surface area contributed by atoms with Gasteiger partial charge < -0.3 is 15.2 Å². The number of hydrogen-bond donors (Lipinski definition) is 1. The van der Waals surface area contributed by atoms with Gasteiger partial charge >= 0.3 is 0 Å². The second-order valence-corrected chi connectivity index (χ2v) is 3.16. The molecule has 0 amide bonds. The van der Waals surface area contributed by atoms with Crippen LogP contribution in [-0.4, -0.2) is 32.5 Å². The molecular weight excluding hydrogens is 142 g/mol. The highest BCUT2D eigenvalue weighted by atomic mass is 16.5. The summed E-state index contributed by atoms with van der Waals surface area (Å²) in [6.45, 7) is 5.17. The van der Waals surface area contributed by atoms with Crippen molar-refractivity contribution in [2.75, 3.05) is 26.4 Å². The summed E-state index contributed by atoms with van der Waals surface area (Å²) >= 11 is 0. The van der Waals surface area contributed by atoms with Crippen LogP contribution in [-0.2, 0) is 9.47 Å². The fourth-order valence-corrected chi connectivity index (χ4v) is 1.01. The molecule has 1 fully saturated rings. The second kappa shape index (κ2) is 4.70. The first-order valence-corrected chi connectivity index (χ1v) is 4.22. The molecule has 66 valence electrons. The first kappa shape index (κ1) is 8.97. The zero-order valence-electron chi connectivity index (χ0n) is 7.08. The van der Waals surface area contributed by atoms with E-state index in [1.807, 2.05) is 0 Å². The maximum Gasteiger partial charge on any atom is 0.0830 e. The lowest BCUT2D eigenvalue weighted by Gasteiger charge is -2.13. The van der Waals surface area contributed by atoms with Crippen molar-refractivity contribution >= 4 is 0 Å². The number of rotatable bonds is 4. The zero-order valence-corrected chi connectivity index (χ0v) is 7.08. The summed E-state index contributed by atoms with van der Waals surface area (Å²) < 4.78 is 10.7. The summed E-state index contributed by atoms with van der Waals surface area (Å²) in [6.07, 6.45) is 1.36. The Hall–Kier alpha value is -0.120. The van der Waals surface area contributed by atoms with Gasteiger partial charge in [0.1, 0.15) is 0 Å². The zero-order chi connectivity index (χ0) is 8.10. The topological polar surface area (TPSA) is 44.5 Å². The molecule has 0 aliphatic carbocycles. The summed E-state index contributed by atoms with van der Waals surface area (Å²) in [5.74, 6) is 0.468. The van der Waals surface area contributed by atoms with Crippen LogP contribution in [0, 0.1) is 5.92 Å². The second-order valence-electron chi connectivity index (χ2n) is 3.16. The number of nitrogens with two attached hydrogens (primary N) is 1. The third kappa shape index (κ3) is 3.18. The number of ether oxygens (including phenoxy) is 2. The minimum Gasteiger partial charge on any atom is -0.379 e. The van der Waals surface area contributed by atoms with E-state index in [2.05, 4.69) is 6.92 Å². The Morgan fingerprint density at radius 2 is 2.55 bits per heavy atom. The normalized spacial score (nSPS) is 27.3. The van der Waals surface area contributed by atoms with Gasteiger partial charge in [-0.1, -0.05) is 6.92 Å². The van der Waals surface area contributed by atoms with Gasteiger partial charge in [0.2, 0.25) is 0 Å². The van der Waals surface area contributed by atoms with Crippen LogP contribution in [0.5, 0.6) is 0 Å². The van der Waals surface area contributed by atoms with Gasteiger partial charge in [-0.15, -0.1) is 0 Å². The van der Waals surface area contributed by atoms with E-state index in [1.54, 1.807) is 0 Å². The molecule has 0 bridgehead atoms. The summed E-state index contributed by atoms with van der Waals surface area (Å²) in [4.78, 5) is 0. The van der Waals surface area contributed by atoms with Crippen molar-refractivity contribution in [1.82, 2.24) is 0 Å². The van der Waals surface area contributed by atoms with Gasteiger partial charge in [-0.2, -0.15) is 0 Å². The molecule has 2 unspecified atom stereocenters. The van der Waals surface area contributed by atoms with E-state index in [0.29, 0.717) is 18.6 Å². The maximum atomic E-state index is 5.55. The molecule has 0 aromatic heterocycles. The smallest absolute Gasteiger partial charge is 0.0830 e. The minimum atomic E-state index is 0.323. The van der Waals surface area contributed by atoms with Gasteiger partial charge in [0.05, 0.1) is 19.3 Å². The molecule has 1 rings (SSSR count). The van der Waals surface area contributed by atoms with Gasteiger partial charge in [-0.3, -0.25) is 0 Å². The first-order chi connectivity index (χ1) is 5.33. The van der Waals surface area contributed by atoms with E-state index in [-0.39, 0.29) is 0 Å². The van der Waals surface area contributed by atoms with Crippen LogP contribution in [0.4, 0.5) is 0 Å². The molecule has 1 heterocycles. The van der Waals surface area contributed by atoms with Crippen molar-refractivity contribution in [3.05, 3.63) is 0 Å². The Bertz CT molecular complexity index is 102. The molecule has 11 heavy (non-hydrogen) atoms. The predicted molar refractivity (Wildman–Crippen MR) is 43.4 cm³/mol. The highest BCUT2D eigenvalue weighted by Gasteiger charge is 2.16. The van der Waals surface area contributed by atoms with Gasteiger partial charge in [-0.25, -0.2) is 0 Å². The molecule has 3 heteroatoms. The molecule has 0 aromatic carbocycles. The lowest BCUT2D eigenvalue weighted by atomic mass is 10.2. The average Bonchev–Trinajstić information content (AvgIpc) is 2.52. The van der Waals surface area contributed by atoms with Gasteiger partial charge in [-0.05, 0) is 18.9 Å². The lowest BCUT2D eigenvalue weighted by molar-refractivity contribution is 0.0265. The van der Waals surface area contributed by atoms with Crippen LogP contribution < -0.4 is 5.73 Å². The molecular formula is C8H17NO2. The van der Waals surface area contributed by atoms with Crippen molar-refractivity contribution in [2.45, 2.75) is 19.4 Å². The lowest BCUT2D eigenvalue weighted by Crippen LogP contribution is -2.21. The third-order valence-corrected chi connectivity index (χ3v) is 1.91. The molecule has 0 aromatic rings. The average molecular weight is 159 g/mol. The number of hydrogen-bond acceptors (Lipinski definition) is 3. The first-order valence-electron chi connectivity index (χ1n) is 4.22. The summed E-state index contributed by atoms with van der Waals surface area (Å²) in [5.41, 5.74) is 5.45. The molecule has 0 radical (unpaired) electrons. The van der Waals surface area contributed by atoms with Crippen LogP contribution in [0.2, 0.25) is 0 Å². The van der Waals surface area contributed by atoms with Crippen LogP contribution >= 0.6 is 0 Å². The molecule has 1 aliphatic heterocycles. The Morgan fingerprint density at radius 1 is 1.73 bits per heavy atom. The van der Waals surface area contributed by atoms with E-state index in [0.717, 1.165) is 26.2 Å². The van der Waals surface area contributed by atoms with Crippen molar-refractivity contribution in [3.63, 3.8) is 0 Å². The molecule has 1 aliphatic rings. The maximum absolute atomic E-state index is 5.55. The fraction of sp³-hybridized carbons (Fsp3) is 1.00. The molecule has 0 saturated carbocycles.